The minimum Gasteiger partial charge on any atom is -0.381 e. The van der Waals surface area contributed by atoms with Crippen LogP contribution in [0.4, 0.5) is 0 Å². The van der Waals surface area contributed by atoms with E-state index in [1.54, 1.807) is 10.7 Å². The van der Waals surface area contributed by atoms with Crippen LogP contribution in [0.5, 0.6) is 0 Å². The highest BCUT2D eigenvalue weighted by Crippen LogP contribution is 2.28. The molecular weight excluding hydrogens is 318 g/mol. The van der Waals surface area contributed by atoms with Crippen LogP contribution in [-0.2, 0) is 4.74 Å². The summed E-state index contributed by atoms with van der Waals surface area (Å²) in [4.78, 5) is 4.57. The van der Waals surface area contributed by atoms with Crippen molar-refractivity contribution in [1.82, 2.24) is 14.6 Å². The second kappa shape index (κ2) is 5.99. The molecule has 0 radical (unpaired) electrons. The van der Waals surface area contributed by atoms with E-state index in [1.165, 1.54) is 0 Å². The molecule has 1 saturated heterocycles. The van der Waals surface area contributed by atoms with Gasteiger partial charge in [0.2, 0.25) is 0 Å². The second-order valence-electron chi connectivity index (χ2n) is 3.79. The molecule has 0 spiro atoms. The molecule has 3 rings (SSSR count). The van der Waals surface area contributed by atoms with E-state index in [4.69, 9.17) is 16.3 Å². The first-order valence-electron chi connectivity index (χ1n) is 6.03. The van der Waals surface area contributed by atoms with E-state index in [2.05, 4.69) is 26.0 Å². The minimum absolute atomic E-state index is 0.351. The molecule has 18 heavy (non-hydrogen) atoms. The van der Waals surface area contributed by atoms with E-state index in [1.807, 2.05) is 19.9 Å². The van der Waals surface area contributed by atoms with E-state index < -0.39 is 0 Å². The number of rotatable bonds is 1. The first-order valence-corrected chi connectivity index (χ1v) is 7.20. The van der Waals surface area contributed by atoms with Gasteiger partial charge >= 0.3 is 0 Å². The van der Waals surface area contributed by atoms with Gasteiger partial charge in [-0.2, -0.15) is 5.10 Å². The molecule has 0 N–H and O–H groups in total. The lowest BCUT2D eigenvalue weighted by molar-refractivity contribution is 0.193. The van der Waals surface area contributed by atoms with E-state index in [0.29, 0.717) is 11.1 Å². The third-order valence-corrected chi connectivity index (χ3v) is 3.58. The summed E-state index contributed by atoms with van der Waals surface area (Å²) in [6, 6.07) is 1.87. The molecule has 3 heterocycles. The van der Waals surface area contributed by atoms with Crippen molar-refractivity contribution < 1.29 is 4.74 Å². The molecule has 1 aliphatic rings. The molecule has 0 bridgehead atoms. The highest BCUT2D eigenvalue weighted by atomic mass is 79.9. The third-order valence-electron chi connectivity index (χ3n) is 2.75. The molecule has 0 saturated carbocycles. The third kappa shape index (κ3) is 2.53. The summed E-state index contributed by atoms with van der Waals surface area (Å²) in [5.74, 6) is 0.351. The number of ether oxygens (including phenoxy) is 1. The molecule has 1 atom stereocenters. The van der Waals surface area contributed by atoms with Crippen molar-refractivity contribution in [2.75, 3.05) is 13.2 Å². The lowest BCUT2D eigenvalue weighted by atomic mass is 10.1. The number of hydrogen-bond acceptors (Lipinski definition) is 3. The van der Waals surface area contributed by atoms with Gasteiger partial charge in [-0.25, -0.2) is 9.50 Å². The molecule has 2 aromatic rings. The molecule has 2 aromatic heterocycles. The van der Waals surface area contributed by atoms with Crippen LogP contribution >= 0.6 is 27.5 Å². The zero-order valence-electron chi connectivity index (χ0n) is 10.4. The number of halogens is 2. The molecule has 1 unspecified atom stereocenters. The predicted octanol–water partition coefficient (Wildman–Crippen LogP) is 3.68. The number of aromatic nitrogens is 3. The van der Waals surface area contributed by atoms with Gasteiger partial charge < -0.3 is 4.74 Å². The summed E-state index contributed by atoms with van der Waals surface area (Å²) in [5, 5.41) is 4.71. The van der Waals surface area contributed by atoms with E-state index in [0.717, 1.165) is 35.4 Å². The maximum Gasteiger partial charge on any atom is 0.171 e. The molecule has 4 nitrogen and oxygen atoms in total. The van der Waals surface area contributed by atoms with Gasteiger partial charge in [0.1, 0.15) is 5.15 Å². The Balaban J connectivity index is 0.000000574. The zero-order valence-corrected chi connectivity index (χ0v) is 12.7. The largest absolute Gasteiger partial charge is 0.381 e. The molecular formula is C12H15BrClN3O. The lowest BCUT2D eigenvalue weighted by Gasteiger charge is -2.08. The Morgan fingerprint density at radius 2 is 2.28 bits per heavy atom. The van der Waals surface area contributed by atoms with Crippen molar-refractivity contribution >= 4 is 33.2 Å². The minimum atomic E-state index is 0.351. The summed E-state index contributed by atoms with van der Waals surface area (Å²) in [6.07, 6.45) is 2.70. The average Bonchev–Trinajstić information content (AvgIpc) is 3.02. The number of hydrogen-bond donors (Lipinski definition) is 0. The molecule has 6 heteroatoms. The Morgan fingerprint density at radius 1 is 1.50 bits per heavy atom. The Hall–Kier alpha value is -0.650. The molecule has 1 aliphatic heterocycles. The quantitative estimate of drug-likeness (QED) is 0.748. The number of nitrogens with zero attached hydrogens (tertiary/aromatic N) is 3. The monoisotopic (exact) mass is 331 g/mol. The van der Waals surface area contributed by atoms with Crippen LogP contribution in [-0.4, -0.2) is 27.8 Å². The second-order valence-corrected chi connectivity index (χ2v) is 5.03. The van der Waals surface area contributed by atoms with Crippen molar-refractivity contribution in [3.63, 3.8) is 0 Å². The smallest absolute Gasteiger partial charge is 0.171 e. The van der Waals surface area contributed by atoms with E-state index >= 15 is 0 Å². The highest BCUT2D eigenvalue weighted by Gasteiger charge is 2.21. The standard InChI is InChI=1S/C10H9BrClN3O.C2H6/c11-7-4-13-15-9(12)3-8(14-10(7)15)6-1-2-16-5-6;1-2/h3-4,6H,1-2,5H2;1-2H3. The zero-order chi connectivity index (χ0) is 13.1. The van der Waals surface area contributed by atoms with E-state index in [9.17, 15) is 0 Å². The average molecular weight is 333 g/mol. The predicted molar refractivity (Wildman–Crippen MR) is 75.2 cm³/mol. The topological polar surface area (TPSA) is 39.4 Å². The van der Waals surface area contributed by atoms with Crippen LogP contribution in [0.3, 0.4) is 0 Å². The summed E-state index contributed by atoms with van der Waals surface area (Å²) in [7, 11) is 0. The maximum absolute atomic E-state index is 6.15. The van der Waals surface area contributed by atoms with Gasteiger partial charge in [-0.05, 0) is 28.4 Å². The fourth-order valence-electron chi connectivity index (χ4n) is 1.89. The van der Waals surface area contributed by atoms with Crippen LogP contribution < -0.4 is 0 Å². The fraction of sp³-hybridized carbons (Fsp3) is 0.500. The maximum atomic E-state index is 6.15. The van der Waals surface area contributed by atoms with Gasteiger partial charge in [-0.1, -0.05) is 25.4 Å². The van der Waals surface area contributed by atoms with Crippen molar-refractivity contribution in [1.29, 1.82) is 0 Å². The Bertz CT molecular complexity index is 537. The molecule has 98 valence electrons. The summed E-state index contributed by atoms with van der Waals surface area (Å²) in [6.45, 7) is 5.53. The van der Waals surface area contributed by atoms with E-state index in [-0.39, 0.29) is 0 Å². The van der Waals surface area contributed by atoms with Gasteiger partial charge in [0.05, 0.1) is 23.0 Å². The summed E-state index contributed by atoms with van der Waals surface area (Å²) >= 11 is 9.56. The van der Waals surface area contributed by atoms with Crippen LogP contribution in [0.15, 0.2) is 16.7 Å². The van der Waals surface area contributed by atoms with Crippen molar-refractivity contribution in [2.45, 2.75) is 26.2 Å². The fourth-order valence-corrected chi connectivity index (χ4v) is 2.48. The summed E-state index contributed by atoms with van der Waals surface area (Å²) in [5.41, 5.74) is 1.74. The van der Waals surface area contributed by atoms with Crippen LogP contribution in [0, 0.1) is 0 Å². The lowest BCUT2D eigenvalue weighted by Crippen LogP contribution is -2.04. The summed E-state index contributed by atoms with van der Waals surface area (Å²) < 4.78 is 7.83. The number of fused-ring (bicyclic) bond motifs is 1. The Labute approximate surface area is 119 Å². The van der Waals surface area contributed by atoms with Crippen LogP contribution in [0.25, 0.3) is 5.65 Å². The SMILES string of the molecule is CC.Clc1cc(C2CCOC2)nc2c(Br)cnn12. The van der Waals surface area contributed by atoms with Crippen molar-refractivity contribution in [3.8, 4) is 0 Å². The molecule has 0 aliphatic carbocycles. The van der Waals surface area contributed by atoms with Gasteiger partial charge in [-0.15, -0.1) is 0 Å². The van der Waals surface area contributed by atoms with Crippen molar-refractivity contribution in [2.24, 2.45) is 0 Å². The Kier molecular flexibility index (Phi) is 4.59. The Morgan fingerprint density at radius 3 is 2.94 bits per heavy atom. The van der Waals surface area contributed by atoms with Crippen LogP contribution in [0.2, 0.25) is 5.15 Å². The van der Waals surface area contributed by atoms with Crippen LogP contribution in [0.1, 0.15) is 31.9 Å². The normalized spacial score (nSPS) is 18.8. The van der Waals surface area contributed by atoms with Crippen molar-refractivity contribution in [3.05, 3.63) is 27.6 Å². The first-order chi connectivity index (χ1) is 8.75. The molecule has 1 fully saturated rings. The van der Waals surface area contributed by atoms with Gasteiger partial charge in [0.25, 0.3) is 0 Å². The highest BCUT2D eigenvalue weighted by molar-refractivity contribution is 9.10. The molecule has 0 aromatic carbocycles. The van der Waals surface area contributed by atoms with Gasteiger partial charge in [0, 0.05) is 12.5 Å². The first kappa shape index (κ1) is 13.8. The van der Waals surface area contributed by atoms with Gasteiger partial charge in [-0.3, -0.25) is 0 Å². The molecule has 0 amide bonds. The van der Waals surface area contributed by atoms with Gasteiger partial charge in [0.15, 0.2) is 5.65 Å².